The minimum absolute atomic E-state index is 0.740. The van der Waals surface area contributed by atoms with Gasteiger partial charge in [-0.25, -0.2) is 0 Å². The first-order chi connectivity index (χ1) is 6.31. The van der Waals surface area contributed by atoms with Crippen molar-refractivity contribution in [2.24, 2.45) is 5.92 Å². The molecule has 0 saturated carbocycles. The van der Waals surface area contributed by atoms with Crippen LogP contribution in [0.4, 0.5) is 0 Å². The molecule has 1 rings (SSSR count). The number of likely N-dealkylation sites (N-methyl/N-ethyl adjacent to an activating group) is 1. The lowest BCUT2D eigenvalue weighted by molar-refractivity contribution is 0.167. The van der Waals surface area contributed by atoms with Crippen LogP contribution in [0.25, 0.3) is 0 Å². The summed E-state index contributed by atoms with van der Waals surface area (Å²) < 4.78 is 0. The van der Waals surface area contributed by atoms with Gasteiger partial charge in [0.05, 0.1) is 0 Å². The SMILES string of the molecule is CCC(CC)C1CN(CC)CCN1. The van der Waals surface area contributed by atoms with E-state index in [0.717, 1.165) is 12.0 Å². The van der Waals surface area contributed by atoms with Gasteiger partial charge in [-0.05, 0) is 12.5 Å². The van der Waals surface area contributed by atoms with Gasteiger partial charge < -0.3 is 10.2 Å². The van der Waals surface area contributed by atoms with Crippen LogP contribution in [-0.4, -0.2) is 37.1 Å². The van der Waals surface area contributed by atoms with Gasteiger partial charge >= 0.3 is 0 Å². The second-order valence-corrected chi connectivity index (χ2v) is 4.03. The topological polar surface area (TPSA) is 15.3 Å². The molecule has 0 radical (unpaired) electrons. The molecule has 2 nitrogen and oxygen atoms in total. The number of rotatable bonds is 4. The highest BCUT2D eigenvalue weighted by atomic mass is 15.2. The van der Waals surface area contributed by atoms with Crippen LogP contribution >= 0.6 is 0 Å². The average molecular weight is 184 g/mol. The molecule has 78 valence electrons. The first-order valence-corrected chi connectivity index (χ1v) is 5.77. The van der Waals surface area contributed by atoms with E-state index in [2.05, 4.69) is 31.0 Å². The molecule has 0 aliphatic carbocycles. The summed E-state index contributed by atoms with van der Waals surface area (Å²) >= 11 is 0. The first kappa shape index (κ1) is 11.0. The molecule has 1 aliphatic heterocycles. The summed E-state index contributed by atoms with van der Waals surface area (Å²) in [6.07, 6.45) is 2.62. The standard InChI is InChI=1S/C11H24N2/c1-4-10(5-2)11-9-13(6-3)8-7-12-11/h10-12H,4-9H2,1-3H3. The van der Waals surface area contributed by atoms with Gasteiger partial charge in [0.15, 0.2) is 0 Å². The monoisotopic (exact) mass is 184 g/mol. The van der Waals surface area contributed by atoms with Crippen LogP contribution in [0.3, 0.4) is 0 Å². The molecule has 0 spiro atoms. The lowest BCUT2D eigenvalue weighted by Crippen LogP contribution is -2.53. The Balaban J connectivity index is 2.40. The molecule has 1 fully saturated rings. The highest BCUT2D eigenvalue weighted by Gasteiger charge is 2.23. The summed E-state index contributed by atoms with van der Waals surface area (Å²) in [5, 5.41) is 3.64. The zero-order valence-corrected chi connectivity index (χ0v) is 9.34. The largest absolute Gasteiger partial charge is 0.311 e. The Bertz CT molecular complexity index is 132. The van der Waals surface area contributed by atoms with Gasteiger partial charge in [0.2, 0.25) is 0 Å². The van der Waals surface area contributed by atoms with Gasteiger partial charge in [-0.15, -0.1) is 0 Å². The molecular formula is C11H24N2. The second kappa shape index (κ2) is 5.61. The summed E-state index contributed by atoms with van der Waals surface area (Å²) in [4.78, 5) is 2.56. The van der Waals surface area contributed by atoms with E-state index in [1.54, 1.807) is 0 Å². The van der Waals surface area contributed by atoms with E-state index in [4.69, 9.17) is 0 Å². The van der Waals surface area contributed by atoms with Crippen molar-refractivity contribution in [2.75, 3.05) is 26.2 Å². The summed E-state index contributed by atoms with van der Waals surface area (Å²) in [5.74, 6) is 0.870. The van der Waals surface area contributed by atoms with Gasteiger partial charge in [-0.2, -0.15) is 0 Å². The molecular weight excluding hydrogens is 160 g/mol. The Hall–Kier alpha value is -0.0800. The van der Waals surface area contributed by atoms with Gasteiger partial charge in [0.1, 0.15) is 0 Å². The third kappa shape index (κ3) is 2.96. The normalized spacial score (nSPS) is 25.4. The summed E-state index contributed by atoms with van der Waals surface area (Å²) in [5.41, 5.74) is 0. The van der Waals surface area contributed by atoms with E-state index in [1.165, 1.54) is 39.0 Å². The fraction of sp³-hybridized carbons (Fsp3) is 1.00. The van der Waals surface area contributed by atoms with Crippen LogP contribution in [0, 0.1) is 5.92 Å². The minimum Gasteiger partial charge on any atom is -0.311 e. The van der Waals surface area contributed by atoms with Crippen LogP contribution in [0.15, 0.2) is 0 Å². The first-order valence-electron chi connectivity index (χ1n) is 5.77. The highest BCUT2D eigenvalue weighted by molar-refractivity contribution is 4.82. The molecule has 1 N–H and O–H groups in total. The van der Waals surface area contributed by atoms with Crippen LogP contribution in [0.5, 0.6) is 0 Å². The predicted molar refractivity (Wildman–Crippen MR) is 58.0 cm³/mol. The maximum atomic E-state index is 3.64. The van der Waals surface area contributed by atoms with E-state index in [1.807, 2.05) is 0 Å². The Morgan fingerprint density at radius 3 is 2.54 bits per heavy atom. The third-order valence-corrected chi connectivity index (χ3v) is 3.35. The number of hydrogen-bond donors (Lipinski definition) is 1. The van der Waals surface area contributed by atoms with Crippen molar-refractivity contribution in [3.8, 4) is 0 Å². The third-order valence-electron chi connectivity index (χ3n) is 3.35. The van der Waals surface area contributed by atoms with E-state index in [-0.39, 0.29) is 0 Å². The number of piperazine rings is 1. The molecule has 2 heteroatoms. The Kier molecular flexibility index (Phi) is 4.74. The maximum absolute atomic E-state index is 3.64. The van der Waals surface area contributed by atoms with E-state index < -0.39 is 0 Å². The molecule has 0 aromatic rings. The zero-order valence-electron chi connectivity index (χ0n) is 9.34. The summed E-state index contributed by atoms with van der Waals surface area (Å²) in [6.45, 7) is 11.7. The zero-order chi connectivity index (χ0) is 9.68. The quantitative estimate of drug-likeness (QED) is 0.715. The van der Waals surface area contributed by atoms with Crippen LogP contribution in [0.2, 0.25) is 0 Å². The van der Waals surface area contributed by atoms with Crippen LogP contribution < -0.4 is 5.32 Å². The lowest BCUT2D eigenvalue weighted by atomic mass is 9.92. The minimum atomic E-state index is 0.740. The Morgan fingerprint density at radius 2 is 2.00 bits per heavy atom. The number of nitrogens with one attached hydrogen (secondary N) is 1. The maximum Gasteiger partial charge on any atom is 0.0223 e. The fourth-order valence-corrected chi connectivity index (χ4v) is 2.30. The van der Waals surface area contributed by atoms with Gasteiger partial charge in [-0.3, -0.25) is 0 Å². The molecule has 1 saturated heterocycles. The van der Waals surface area contributed by atoms with Crippen molar-refractivity contribution in [1.29, 1.82) is 0 Å². The number of hydrogen-bond acceptors (Lipinski definition) is 2. The smallest absolute Gasteiger partial charge is 0.0223 e. The average Bonchev–Trinajstić information content (AvgIpc) is 2.20. The van der Waals surface area contributed by atoms with E-state index >= 15 is 0 Å². The van der Waals surface area contributed by atoms with Gasteiger partial charge in [-0.1, -0.05) is 33.6 Å². The molecule has 1 unspecified atom stereocenters. The van der Waals surface area contributed by atoms with E-state index in [9.17, 15) is 0 Å². The Morgan fingerprint density at radius 1 is 1.31 bits per heavy atom. The lowest BCUT2D eigenvalue weighted by Gasteiger charge is -2.36. The molecule has 0 bridgehead atoms. The molecule has 1 aliphatic rings. The molecule has 1 heterocycles. The van der Waals surface area contributed by atoms with Crippen molar-refractivity contribution >= 4 is 0 Å². The molecule has 0 amide bonds. The summed E-state index contributed by atoms with van der Waals surface area (Å²) in [6, 6.07) is 0.740. The predicted octanol–water partition coefficient (Wildman–Crippen LogP) is 1.72. The Labute approximate surface area is 82.7 Å². The molecule has 0 aromatic heterocycles. The van der Waals surface area contributed by atoms with Crippen molar-refractivity contribution in [3.63, 3.8) is 0 Å². The van der Waals surface area contributed by atoms with Crippen molar-refractivity contribution in [2.45, 2.75) is 39.7 Å². The summed E-state index contributed by atoms with van der Waals surface area (Å²) in [7, 11) is 0. The van der Waals surface area contributed by atoms with Gasteiger partial charge in [0, 0.05) is 25.7 Å². The highest BCUT2D eigenvalue weighted by Crippen LogP contribution is 2.16. The molecule has 1 atom stereocenters. The number of nitrogens with zero attached hydrogens (tertiary/aromatic N) is 1. The van der Waals surface area contributed by atoms with Crippen molar-refractivity contribution in [1.82, 2.24) is 10.2 Å². The van der Waals surface area contributed by atoms with Crippen molar-refractivity contribution < 1.29 is 0 Å². The van der Waals surface area contributed by atoms with Crippen LogP contribution in [-0.2, 0) is 0 Å². The molecule has 0 aromatic carbocycles. The fourth-order valence-electron chi connectivity index (χ4n) is 2.30. The van der Waals surface area contributed by atoms with Crippen LogP contribution in [0.1, 0.15) is 33.6 Å². The second-order valence-electron chi connectivity index (χ2n) is 4.03. The molecule has 13 heavy (non-hydrogen) atoms. The van der Waals surface area contributed by atoms with Gasteiger partial charge in [0.25, 0.3) is 0 Å². The van der Waals surface area contributed by atoms with Crippen molar-refractivity contribution in [3.05, 3.63) is 0 Å². The van der Waals surface area contributed by atoms with E-state index in [0.29, 0.717) is 0 Å².